The molecule has 0 saturated carbocycles. The van der Waals surface area contributed by atoms with Crippen LogP contribution in [0.5, 0.6) is 0 Å². The topological polar surface area (TPSA) is 37.4 Å². The minimum Gasteiger partial charge on any atom is -0.207 e. The molecule has 3 nitrogen and oxygen atoms in total. The highest BCUT2D eigenvalue weighted by Crippen LogP contribution is 2.19. The van der Waals surface area contributed by atoms with Crippen molar-refractivity contribution < 1.29 is 8.42 Å². The lowest BCUT2D eigenvalue weighted by molar-refractivity contribution is 0.412. The first-order valence-electron chi connectivity index (χ1n) is 7.70. The fourth-order valence-electron chi connectivity index (χ4n) is 2.15. The second-order valence-corrected chi connectivity index (χ2v) is 7.40. The van der Waals surface area contributed by atoms with Gasteiger partial charge in [-0.25, -0.2) is 8.42 Å². The molecular weight excluding hydrogens is 318 g/mol. The quantitative estimate of drug-likeness (QED) is 0.616. The van der Waals surface area contributed by atoms with Crippen molar-refractivity contribution in [3.05, 3.63) is 78.4 Å². The molecule has 124 valence electrons. The molecule has 0 bridgehead atoms. The van der Waals surface area contributed by atoms with Gasteiger partial charge in [0.1, 0.15) is 0 Å². The Bertz CT molecular complexity index is 844. The Hall–Kier alpha value is -2.35. The van der Waals surface area contributed by atoms with Crippen LogP contribution in [0.3, 0.4) is 0 Å². The van der Waals surface area contributed by atoms with Crippen LogP contribution in [-0.4, -0.2) is 25.3 Å². The smallest absolute Gasteiger partial charge is 0.207 e. The maximum atomic E-state index is 12.9. The van der Waals surface area contributed by atoms with Crippen LogP contribution in [0.25, 0.3) is 0 Å². The molecule has 4 heteroatoms. The first kappa shape index (κ1) is 18.0. The largest absolute Gasteiger partial charge is 0.244 e. The summed E-state index contributed by atoms with van der Waals surface area (Å²) in [7, 11) is -3.62. The molecule has 24 heavy (non-hydrogen) atoms. The van der Waals surface area contributed by atoms with Crippen LogP contribution in [0.2, 0.25) is 0 Å². The SMILES string of the molecule is C=CC(C)N(CC#Cc1ccccc1)S(=O)(=O)c1ccc(C)cc1. The summed E-state index contributed by atoms with van der Waals surface area (Å²) in [6.07, 6.45) is 1.61. The summed E-state index contributed by atoms with van der Waals surface area (Å²) in [5, 5.41) is 0. The molecule has 0 saturated heterocycles. The van der Waals surface area contributed by atoms with Gasteiger partial charge < -0.3 is 0 Å². The Balaban J connectivity index is 2.30. The van der Waals surface area contributed by atoms with Crippen molar-refractivity contribution in [1.82, 2.24) is 4.31 Å². The van der Waals surface area contributed by atoms with Gasteiger partial charge in [-0.1, -0.05) is 53.8 Å². The third kappa shape index (κ3) is 4.35. The van der Waals surface area contributed by atoms with Crippen molar-refractivity contribution >= 4 is 10.0 Å². The Morgan fingerprint density at radius 3 is 2.33 bits per heavy atom. The van der Waals surface area contributed by atoms with Gasteiger partial charge in [-0.15, -0.1) is 6.58 Å². The van der Waals surface area contributed by atoms with Gasteiger partial charge in [0.15, 0.2) is 0 Å². The zero-order valence-corrected chi connectivity index (χ0v) is 14.8. The predicted octanol–water partition coefficient (Wildman–Crippen LogP) is 3.61. The molecule has 0 amide bonds. The second kappa shape index (κ2) is 7.96. The molecule has 2 rings (SSSR count). The number of hydrogen-bond donors (Lipinski definition) is 0. The van der Waals surface area contributed by atoms with Crippen molar-refractivity contribution in [2.75, 3.05) is 6.54 Å². The van der Waals surface area contributed by atoms with Crippen molar-refractivity contribution in [3.8, 4) is 11.8 Å². The van der Waals surface area contributed by atoms with Crippen LogP contribution in [-0.2, 0) is 10.0 Å². The lowest BCUT2D eigenvalue weighted by Gasteiger charge is -2.24. The summed E-state index contributed by atoms with van der Waals surface area (Å²) in [4.78, 5) is 0.267. The average molecular weight is 339 g/mol. The highest BCUT2D eigenvalue weighted by molar-refractivity contribution is 7.89. The van der Waals surface area contributed by atoms with E-state index in [4.69, 9.17) is 0 Å². The molecule has 0 aliphatic heterocycles. The summed E-state index contributed by atoms with van der Waals surface area (Å²) in [5.74, 6) is 5.95. The summed E-state index contributed by atoms with van der Waals surface area (Å²) >= 11 is 0. The summed E-state index contributed by atoms with van der Waals surface area (Å²) < 4.78 is 27.2. The monoisotopic (exact) mass is 339 g/mol. The minimum atomic E-state index is -3.62. The first-order valence-corrected chi connectivity index (χ1v) is 9.14. The Labute approximate surface area is 144 Å². The van der Waals surface area contributed by atoms with Crippen molar-refractivity contribution in [1.29, 1.82) is 0 Å². The molecule has 1 unspecified atom stereocenters. The van der Waals surface area contributed by atoms with E-state index in [1.165, 1.54) is 4.31 Å². The third-order valence-electron chi connectivity index (χ3n) is 3.66. The van der Waals surface area contributed by atoms with Crippen LogP contribution in [0.4, 0.5) is 0 Å². The van der Waals surface area contributed by atoms with Crippen molar-refractivity contribution in [2.24, 2.45) is 0 Å². The third-order valence-corrected chi connectivity index (χ3v) is 5.61. The second-order valence-electron chi connectivity index (χ2n) is 5.51. The molecule has 0 spiro atoms. The highest BCUT2D eigenvalue weighted by Gasteiger charge is 2.26. The molecule has 2 aromatic carbocycles. The van der Waals surface area contributed by atoms with E-state index in [1.807, 2.05) is 37.3 Å². The fraction of sp³-hybridized carbons (Fsp3) is 0.200. The minimum absolute atomic E-state index is 0.109. The van der Waals surface area contributed by atoms with Crippen molar-refractivity contribution in [3.63, 3.8) is 0 Å². The Morgan fingerprint density at radius 1 is 1.12 bits per heavy atom. The molecule has 0 N–H and O–H groups in total. The number of aryl methyl sites for hydroxylation is 1. The average Bonchev–Trinajstić information content (AvgIpc) is 2.59. The van der Waals surface area contributed by atoms with E-state index in [0.29, 0.717) is 0 Å². The van der Waals surface area contributed by atoms with Gasteiger partial charge in [0.2, 0.25) is 10.0 Å². The van der Waals surface area contributed by atoms with E-state index >= 15 is 0 Å². The van der Waals surface area contributed by atoms with Gasteiger partial charge in [0.25, 0.3) is 0 Å². The maximum absolute atomic E-state index is 12.9. The lowest BCUT2D eigenvalue weighted by atomic mass is 10.2. The number of rotatable bonds is 5. The van der Waals surface area contributed by atoms with E-state index in [-0.39, 0.29) is 17.5 Å². The zero-order chi connectivity index (χ0) is 17.6. The number of benzene rings is 2. The van der Waals surface area contributed by atoms with Crippen LogP contribution in [0.1, 0.15) is 18.1 Å². The van der Waals surface area contributed by atoms with Gasteiger partial charge in [0, 0.05) is 11.6 Å². The van der Waals surface area contributed by atoms with Crippen LogP contribution >= 0.6 is 0 Å². The zero-order valence-electron chi connectivity index (χ0n) is 13.9. The van der Waals surface area contributed by atoms with Crippen LogP contribution < -0.4 is 0 Å². The molecule has 0 radical (unpaired) electrons. The number of nitrogens with zero attached hydrogens (tertiary/aromatic N) is 1. The Morgan fingerprint density at radius 2 is 1.75 bits per heavy atom. The normalized spacial score (nSPS) is 12.3. The Kier molecular flexibility index (Phi) is 5.97. The fourth-order valence-corrected chi connectivity index (χ4v) is 3.66. The summed E-state index contributed by atoms with van der Waals surface area (Å²) in [6, 6.07) is 16.0. The highest BCUT2D eigenvalue weighted by atomic mass is 32.2. The van der Waals surface area contributed by atoms with Gasteiger partial charge in [-0.05, 0) is 38.1 Å². The summed E-state index contributed by atoms with van der Waals surface area (Å²) in [5.41, 5.74) is 1.87. The maximum Gasteiger partial charge on any atom is 0.244 e. The van der Waals surface area contributed by atoms with E-state index in [9.17, 15) is 8.42 Å². The number of sulfonamides is 1. The molecule has 0 aliphatic carbocycles. The molecule has 0 heterocycles. The molecule has 0 aliphatic rings. The summed E-state index contributed by atoms with van der Waals surface area (Å²) in [6.45, 7) is 7.54. The molecule has 0 fully saturated rings. The lowest BCUT2D eigenvalue weighted by Crippen LogP contribution is -2.37. The molecule has 1 atom stereocenters. The van der Waals surface area contributed by atoms with E-state index in [1.54, 1.807) is 37.3 Å². The molecular formula is C20H21NO2S. The van der Waals surface area contributed by atoms with Gasteiger partial charge in [-0.2, -0.15) is 4.31 Å². The van der Waals surface area contributed by atoms with E-state index in [2.05, 4.69) is 18.4 Å². The first-order chi connectivity index (χ1) is 11.4. The number of hydrogen-bond acceptors (Lipinski definition) is 2. The standard InChI is InChI=1S/C20H21NO2S/c1-4-18(3)21(16-8-11-19-9-6-5-7-10-19)24(22,23)20-14-12-17(2)13-15-20/h4-7,9-10,12-15,18H,1,16H2,2-3H3. The van der Waals surface area contributed by atoms with E-state index in [0.717, 1.165) is 11.1 Å². The van der Waals surface area contributed by atoms with Gasteiger partial charge in [0.05, 0.1) is 11.4 Å². The van der Waals surface area contributed by atoms with E-state index < -0.39 is 10.0 Å². The van der Waals surface area contributed by atoms with Crippen LogP contribution in [0, 0.1) is 18.8 Å². The van der Waals surface area contributed by atoms with Crippen LogP contribution in [0.15, 0.2) is 72.1 Å². The predicted molar refractivity (Wildman–Crippen MR) is 98.0 cm³/mol. The van der Waals surface area contributed by atoms with Gasteiger partial charge >= 0.3 is 0 Å². The van der Waals surface area contributed by atoms with Gasteiger partial charge in [-0.3, -0.25) is 0 Å². The molecule has 0 aromatic heterocycles. The van der Waals surface area contributed by atoms with Crippen molar-refractivity contribution in [2.45, 2.75) is 24.8 Å². The molecule has 2 aromatic rings.